The van der Waals surface area contributed by atoms with Gasteiger partial charge in [-0.1, -0.05) is 13.3 Å². The van der Waals surface area contributed by atoms with Crippen molar-refractivity contribution in [3.05, 3.63) is 29.8 Å². The molecule has 0 heterocycles. The molecule has 0 spiro atoms. The maximum absolute atomic E-state index is 12.5. The summed E-state index contributed by atoms with van der Waals surface area (Å²) >= 11 is 0. The molecular weight excluding hydrogens is 279 g/mol. The molecule has 0 fully saturated rings. The average molecular weight is 303 g/mol. The molecule has 0 aromatic heterocycles. The molecule has 0 aliphatic rings. The van der Waals surface area contributed by atoms with Gasteiger partial charge in [-0.05, 0) is 51.5 Å². The summed E-state index contributed by atoms with van der Waals surface area (Å²) in [6, 6.07) is 4.86. The quantitative estimate of drug-likeness (QED) is 0.826. The maximum Gasteiger partial charge on any atom is 0.416 e. The van der Waals surface area contributed by atoms with Crippen molar-refractivity contribution in [2.45, 2.75) is 58.4 Å². The van der Waals surface area contributed by atoms with Crippen LogP contribution in [0, 0.1) is 0 Å². The second kappa shape index (κ2) is 7.16. The van der Waals surface area contributed by atoms with E-state index in [0.717, 1.165) is 25.0 Å². The number of benzene rings is 1. The molecule has 0 aliphatic carbocycles. The van der Waals surface area contributed by atoms with Crippen LogP contribution in [0.1, 0.15) is 46.1 Å². The van der Waals surface area contributed by atoms with E-state index in [1.807, 2.05) is 0 Å². The van der Waals surface area contributed by atoms with Gasteiger partial charge in [0.05, 0.1) is 5.56 Å². The summed E-state index contributed by atoms with van der Waals surface area (Å²) in [5.41, 5.74) is -0.676. The van der Waals surface area contributed by atoms with Gasteiger partial charge in [-0.25, -0.2) is 0 Å². The normalized spacial score (nSPS) is 14.0. The molecule has 1 atom stereocenters. The number of rotatable bonds is 6. The number of alkyl halides is 3. The third-order valence-electron chi connectivity index (χ3n) is 2.96. The van der Waals surface area contributed by atoms with E-state index in [4.69, 9.17) is 4.74 Å². The van der Waals surface area contributed by atoms with E-state index < -0.39 is 11.7 Å². The van der Waals surface area contributed by atoms with Gasteiger partial charge in [-0.15, -0.1) is 0 Å². The van der Waals surface area contributed by atoms with Crippen molar-refractivity contribution in [2.75, 3.05) is 6.54 Å². The van der Waals surface area contributed by atoms with Crippen LogP contribution < -0.4 is 10.1 Å². The molecule has 1 aromatic carbocycles. The molecule has 2 nitrogen and oxygen atoms in total. The molecule has 1 N–H and O–H groups in total. The summed E-state index contributed by atoms with van der Waals surface area (Å²) in [6.45, 7) is 8.91. The molecule has 1 rings (SSSR count). The molecule has 1 aromatic rings. The third-order valence-corrected chi connectivity index (χ3v) is 2.96. The summed E-state index contributed by atoms with van der Waals surface area (Å²) in [4.78, 5) is 0. The minimum atomic E-state index is -4.31. The largest absolute Gasteiger partial charge is 0.489 e. The lowest BCUT2D eigenvalue weighted by Crippen LogP contribution is -2.42. The first-order valence-electron chi connectivity index (χ1n) is 7.21. The van der Waals surface area contributed by atoms with E-state index in [-0.39, 0.29) is 11.6 Å². The fourth-order valence-corrected chi connectivity index (χ4v) is 1.86. The van der Waals surface area contributed by atoms with Crippen LogP contribution in [0.25, 0.3) is 0 Å². The molecule has 0 saturated heterocycles. The zero-order valence-corrected chi connectivity index (χ0v) is 13.1. The van der Waals surface area contributed by atoms with Gasteiger partial charge in [-0.2, -0.15) is 13.2 Å². The molecule has 0 amide bonds. The van der Waals surface area contributed by atoms with Crippen LogP contribution in [0.4, 0.5) is 13.2 Å². The summed E-state index contributed by atoms with van der Waals surface area (Å²) in [6.07, 6.45) is -2.55. The zero-order valence-electron chi connectivity index (χ0n) is 13.1. The Kier molecular flexibility index (Phi) is 6.08. The van der Waals surface area contributed by atoms with Crippen LogP contribution in [0.5, 0.6) is 5.75 Å². The van der Waals surface area contributed by atoms with Gasteiger partial charge in [0.1, 0.15) is 11.9 Å². The predicted octanol–water partition coefficient (Wildman–Crippen LogP) is 4.64. The first kappa shape index (κ1) is 17.8. The molecule has 21 heavy (non-hydrogen) atoms. The Balaban J connectivity index is 2.66. The highest BCUT2D eigenvalue weighted by Gasteiger charge is 2.30. The van der Waals surface area contributed by atoms with E-state index in [0.29, 0.717) is 12.3 Å². The summed E-state index contributed by atoms with van der Waals surface area (Å²) < 4.78 is 43.3. The van der Waals surface area contributed by atoms with Gasteiger partial charge in [0.2, 0.25) is 0 Å². The lowest BCUT2D eigenvalue weighted by atomic mass is 10.1. The average Bonchev–Trinajstić information content (AvgIpc) is 2.35. The van der Waals surface area contributed by atoms with Gasteiger partial charge >= 0.3 is 6.18 Å². The van der Waals surface area contributed by atoms with Crippen LogP contribution in [0.3, 0.4) is 0 Å². The van der Waals surface area contributed by atoms with Gasteiger partial charge in [-0.3, -0.25) is 0 Å². The predicted molar refractivity (Wildman–Crippen MR) is 78.5 cm³/mol. The Morgan fingerprint density at radius 2 is 1.67 bits per heavy atom. The summed E-state index contributed by atoms with van der Waals surface area (Å²) in [5, 5.41) is 3.36. The molecule has 0 aliphatic heterocycles. The lowest BCUT2D eigenvalue weighted by molar-refractivity contribution is -0.137. The summed E-state index contributed by atoms with van der Waals surface area (Å²) in [7, 11) is 0. The highest BCUT2D eigenvalue weighted by atomic mass is 19.4. The van der Waals surface area contributed by atoms with Crippen LogP contribution in [-0.4, -0.2) is 18.2 Å². The Morgan fingerprint density at radius 1 is 1.10 bits per heavy atom. The first-order valence-corrected chi connectivity index (χ1v) is 7.21. The Hall–Kier alpha value is -1.23. The highest BCUT2D eigenvalue weighted by molar-refractivity contribution is 5.29. The van der Waals surface area contributed by atoms with Crippen molar-refractivity contribution >= 4 is 0 Å². The molecule has 1 unspecified atom stereocenters. The molecule has 0 bridgehead atoms. The topological polar surface area (TPSA) is 21.3 Å². The highest BCUT2D eigenvalue weighted by Crippen LogP contribution is 2.30. The third kappa shape index (κ3) is 6.85. The smallest absolute Gasteiger partial charge is 0.416 e. The van der Waals surface area contributed by atoms with Crippen LogP contribution >= 0.6 is 0 Å². The van der Waals surface area contributed by atoms with E-state index >= 15 is 0 Å². The fraction of sp³-hybridized carbons (Fsp3) is 0.625. The number of hydrogen-bond acceptors (Lipinski definition) is 2. The number of ether oxygens (including phenoxy) is 1. The van der Waals surface area contributed by atoms with Crippen molar-refractivity contribution in [3.8, 4) is 5.75 Å². The van der Waals surface area contributed by atoms with Gasteiger partial charge in [0, 0.05) is 12.1 Å². The van der Waals surface area contributed by atoms with E-state index in [1.165, 1.54) is 12.1 Å². The Labute approximate surface area is 124 Å². The van der Waals surface area contributed by atoms with Gasteiger partial charge in [0.15, 0.2) is 0 Å². The first-order chi connectivity index (χ1) is 9.62. The number of hydrogen-bond donors (Lipinski definition) is 1. The Bertz CT molecular complexity index is 421. The minimum absolute atomic E-state index is 0.0184. The standard InChI is InChI=1S/C16H24F3NO/c1-5-6-14(11-20-15(2,3)4)21-13-9-7-12(8-10-13)16(17,18)19/h7-10,14,20H,5-6,11H2,1-4H3. The Morgan fingerprint density at radius 3 is 2.10 bits per heavy atom. The minimum Gasteiger partial charge on any atom is -0.489 e. The van der Waals surface area contributed by atoms with Crippen LogP contribution in [-0.2, 0) is 6.18 Å². The zero-order chi connectivity index (χ0) is 16.1. The van der Waals surface area contributed by atoms with Gasteiger partial charge < -0.3 is 10.1 Å². The monoisotopic (exact) mass is 303 g/mol. The van der Waals surface area contributed by atoms with Crippen molar-refractivity contribution in [1.82, 2.24) is 5.32 Å². The van der Waals surface area contributed by atoms with Crippen LogP contribution in [0.2, 0.25) is 0 Å². The van der Waals surface area contributed by atoms with E-state index in [9.17, 15) is 13.2 Å². The molecule has 0 radical (unpaired) electrons. The SMILES string of the molecule is CCCC(CNC(C)(C)C)Oc1ccc(C(F)(F)F)cc1. The lowest BCUT2D eigenvalue weighted by Gasteiger charge is -2.26. The second-order valence-corrected chi connectivity index (χ2v) is 6.18. The molecule has 120 valence electrons. The molecule has 0 saturated carbocycles. The maximum atomic E-state index is 12.5. The fourth-order valence-electron chi connectivity index (χ4n) is 1.86. The molecular formula is C16H24F3NO. The van der Waals surface area contributed by atoms with Crippen molar-refractivity contribution < 1.29 is 17.9 Å². The van der Waals surface area contributed by atoms with Crippen molar-refractivity contribution in [3.63, 3.8) is 0 Å². The van der Waals surface area contributed by atoms with E-state index in [2.05, 4.69) is 33.0 Å². The number of nitrogens with one attached hydrogen (secondary N) is 1. The van der Waals surface area contributed by atoms with Gasteiger partial charge in [0.25, 0.3) is 0 Å². The molecule has 5 heteroatoms. The van der Waals surface area contributed by atoms with Crippen molar-refractivity contribution in [2.24, 2.45) is 0 Å². The van der Waals surface area contributed by atoms with E-state index in [1.54, 1.807) is 0 Å². The summed E-state index contributed by atoms with van der Waals surface area (Å²) in [5.74, 6) is 0.470. The second-order valence-electron chi connectivity index (χ2n) is 6.18. The van der Waals surface area contributed by atoms with Crippen LogP contribution in [0.15, 0.2) is 24.3 Å². The number of halogens is 3. The van der Waals surface area contributed by atoms with Crippen molar-refractivity contribution in [1.29, 1.82) is 0 Å².